The van der Waals surface area contributed by atoms with Gasteiger partial charge in [-0.15, -0.1) is 0 Å². The van der Waals surface area contributed by atoms with Crippen LogP contribution in [0, 0.1) is 0 Å². The molecule has 7 heteroatoms. The number of ether oxygens (including phenoxy) is 1. The lowest BCUT2D eigenvalue weighted by Gasteiger charge is -2.13. The molecule has 142 valence electrons. The van der Waals surface area contributed by atoms with Crippen LogP contribution in [0.2, 0.25) is 5.02 Å². The summed E-state index contributed by atoms with van der Waals surface area (Å²) in [6.07, 6.45) is 0. The van der Waals surface area contributed by atoms with Crippen molar-refractivity contribution in [2.45, 2.75) is 0 Å². The Morgan fingerprint density at radius 2 is 1.64 bits per heavy atom. The van der Waals surface area contributed by atoms with Gasteiger partial charge in [0.1, 0.15) is 0 Å². The predicted octanol–water partition coefficient (Wildman–Crippen LogP) is 4.78. The molecule has 6 nitrogen and oxygen atoms in total. The van der Waals surface area contributed by atoms with Crippen molar-refractivity contribution in [2.75, 3.05) is 17.9 Å². The van der Waals surface area contributed by atoms with Crippen LogP contribution in [0.4, 0.5) is 11.4 Å². The average Bonchev–Trinajstić information content (AvgIpc) is 2.73. The second kappa shape index (κ2) is 8.92. The second-order valence-corrected chi connectivity index (χ2v) is 6.17. The van der Waals surface area contributed by atoms with E-state index in [1.807, 2.05) is 18.2 Å². The van der Waals surface area contributed by atoms with Gasteiger partial charge in [0.15, 0.2) is 5.75 Å². The Kier molecular flexibility index (Phi) is 6.14. The monoisotopic (exact) mass is 396 g/mol. The number of halogens is 1. The second-order valence-electron chi connectivity index (χ2n) is 5.73. The van der Waals surface area contributed by atoms with Crippen LogP contribution in [0.3, 0.4) is 0 Å². The van der Waals surface area contributed by atoms with Gasteiger partial charge in [-0.1, -0.05) is 29.8 Å². The summed E-state index contributed by atoms with van der Waals surface area (Å²) in [6, 6.07) is 20.3. The molecule has 2 N–H and O–H groups in total. The lowest BCUT2D eigenvalue weighted by Crippen LogP contribution is -2.16. The van der Waals surface area contributed by atoms with E-state index in [9.17, 15) is 9.59 Å². The maximum absolute atomic E-state index is 12.7. The van der Waals surface area contributed by atoms with Crippen molar-refractivity contribution in [2.24, 2.45) is 0 Å². The maximum Gasteiger partial charge on any atom is 0.337 e. The van der Waals surface area contributed by atoms with Crippen LogP contribution in [0.25, 0.3) is 0 Å². The Bertz CT molecular complexity index is 975. The number of carbonyl (C=O) groups excluding carboxylic acids is 2. The lowest BCUT2D eigenvalue weighted by atomic mass is 10.1. The van der Waals surface area contributed by atoms with Crippen LogP contribution < -0.4 is 15.6 Å². The highest BCUT2D eigenvalue weighted by Crippen LogP contribution is 2.23. The van der Waals surface area contributed by atoms with Gasteiger partial charge in [-0.3, -0.25) is 4.79 Å². The number of carbonyl (C=O) groups is 2. The Hall–Kier alpha value is -3.51. The standard InChI is InChI=1S/C21H17ClN2O4/c1-27-21(26)14-7-10-16(11-8-14)23-20(25)18-13-15(22)9-12-19(18)24-28-17-5-3-2-4-6-17/h2-13,24H,1H3,(H,23,25). The molecule has 0 aromatic heterocycles. The van der Waals surface area contributed by atoms with Gasteiger partial charge in [-0.05, 0) is 54.6 Å². The number of amides is 1. The molecule has 3 rings (SSSR count). The normalized spacial score (nSPS) is 10.1. The molecule has 0 atom stereocenters. The number of benzene rings is 3. The van der Waals surface area contributed by atoms with E-state index in [0.29, 0.717) is 33.3 Å². The summed E-state index contributed by atoms with van der Waals surface area (Å²) in [5.41, 5.74) is 4.45. The molecular formula is C21H17ClN2O4. The summed E-state index contributed by atoms with van der Waals surface area (Å²) < 4.78 is 4.66. The molecule has 0 aliphatic heterocycles. The minimum atomic E-state index is -0.447. The molecule has 0 aliphatic carbocycles. The Morgan fingerprint density at radius 1 is 0.929 bits per heavy atom. The van der Waals surface area contributed by atoms with Crippen molar-refractivity contribution in [3.63, 3.8) is 0 Å². The molecule has 0 unspecified atom stereocenters. The maximum atomic E-state index is 12.7. The van der Waals surface area contributed by atoms with Crippen molar-refractivity contribution >= 4 is 34.9 Å². The zero-order chi connectivity index (χ0) is 19.9. The van der Waals surface area contributed by atoms with Crippen molar-refractivity contribution in [1.29, 1.82) is 0 Å². The quantitative estimate of drug-likeness (QED) is 0.463. The predicted molar refractivity (Wildman–Crippen MR) is 108 cm³/mol. The third-order valence-corrected chi connectivity index (χ3v) is 4.05. The molecule has 1 amide bonds. The van der Waals surface area contributed by atoms with E-state index in [1.165, 1.54) is 13.2 Å². The number of esters is 1. The third-order valence-electron chi connectivity index (χ3n) is 3.81. The van der Waals surface area contributed by atoms with E-state index in [4.69, 9.17) is 16.4 Å². The summed E-state index contributed by atoms with van der Waals surface area (Å²) in [6.45, 7) is 0. The largest absolute Gasteiger partial charge is 0.465 e. The first-order chi connectivity index (χ1) is 13.6. The minimum Gasteiger partial charge on any atom is -0.465 e. The smallest absolute Gasteiger partial charge is 0.337 e. The first-order valence-corrected chi connectivity index (χ1v) is 8.72. The molecule has 0 saturated heterocycles. The zero-order valence-electron chi connectivity index (χ0n) is 14.9. The van der Waals surface area contributed by atoms with E-state index >= 15 is 0 Å². The molecule has 0 fully saturated rings. The molecule has 3 aromatic carbocycles. The SMILES string of the molecule is COC(=O)c1ccc(NC(=O)c2cc(Cl)ccc2NOc2ccccc2)cc1. The van der Waals surface area contributed by atoms with Crippen LogP contribution >= 0.6 is 11.6 Å². The van der Waals surface area contributed by atoms with Gasteiger partial charge in [0.05, 0.1) is 23.9 Å². The number of para-hydroxylation sites is 1. The fourth-order valence-electron chi connectivity index (χ4n) is 2.40. The van der Waals surface area contributed by atoms with Gasteiger partial charge in [0, 0.05) is 10.7 Å². The van der Waals surface area contributed by atoms with Gasteiger partial charge >= 0.3 is 5.97 Å². The highest BCUT2D eigenvalue weighted by Gasteiger charge is 2.14. The van der Waals surface area contributed by atoms with E-state index in [0.717, 1.165) is 0 Å². The summed E-state index contributed by atoms with van der Waals surface area (Å²) in [7, 11) is 1.31. The van der Waals surface area contributed by atoms with Crippen molar-refractivity contribution in [3.05, 3.63) is 88.9 Å². The summed E-state index contributed by atoms with van der Waals surface area (Å²) in [5, 5.41) is 3.18. The highest BCUT2D eigenvalue weighted by atomic mass is 35.5. The zero-order valence-corrected chi connectivity index (χ0v) is 15.7. The molecule has 0 bridgehead atoms. The molecule has 28 heavy (non-hydrogen) atoms. The number of rotatable bonds is 6. The number of methoxy groups -OCH3 is 1. The number of anilines is 2. The van der Waals surface area contributed by atoms with Crippen LogP contribution in [0.15, 0.2) is 72.8 Å². The molecule has 3 aromatic rings. The van der Waals surface area contributed by atoms with E-state index < -0.39 is 5.97 Å². The van der Waals surface area contributed by atoms with Crippen LogP contribution in [-0.2, 0) is 4.74 Å². The van der Waals surface area contributed by atoms with E-state index in [-0.39, 0.29) is 5.91 Å². The molecule has 0 spiro atoms. The first kappa shape index (κ1) is 19.3. The number of nitrogens with one attached hydrogen (secondary N) is 2. The van der Waals surface area contributed by atoms with Crippen LogP contribution in [0.5, 0.6) is 5.75 Å². The van der Waals surface area contributed by atoms with Gasteiger partial charge in [-0.2, -0.15) is 0 Å². The van der Waals surface area contributed by atoms with Gasteiger partial charge in [-0.25, -0.2) is 10.3 Å². The fourth-order valence-corrected chi connectivity index (χ4v) is 2.57. The number of hydrogen-bond acceptors (Lipinski definition) is 5. The van der Waals surface area contributed by atoms with E-state index in [1.54, 1.807) is 48.5 Å². The van der Waals surface area contributed by atoms with Gasteiger partial charge < -0.3 is 14.9 Å². The van der Waals surface area contributed by atoms with Crippen molar-refractivity contribution in [1.82, 2.24) is 0 Å². The Morgan fingerprint density at radius 3 is 2.32 bits per heavy atom. The van der Waals surface area contributed by atoms with Gasteiger partial charge in [0.25, 0.3) is 5.91 Å². The van der Waals surface area contributed by atoms with Crippen LogP contribution in [0.1, 0.15) is 20.7 Å². The van der Waals surface area contributed by atoms with Crippen molar-refractivity contribution < 1.29 is 19.2 Å². The third kappa shape index (κ3) is 4.81. The van der Waals surface area contributed by atoms with Crippen LogP contribution in [-0.4, -0.2) is 19.0 Å². The molecule has 0 radical (unpaired) electrons. The first-order valence-electron chi connectivity index (χ1n) is 8.34. The van der Waals surface area contributed by atoms with Crippen molar-refractivity contribution in [3.8, 4) is 5.75 Å². The minimum absolute atomic E-state index is 0.306. The van der Waals surface area contributed by atoms with Gasteiger partial charge in [0.2, 0.25) is 0 Å². The average molecular weight is 397 g/mol. The molecule has 0 saturated carbocycles. The number of hydrogen-bond donors (Lipinski definition) is 2. The van der Waals surface area contributed by atoms with E-state index in [2.05, 4.69) is 15.5 Å². The summed E-state index contributed by atoms with van der Waals surface area (Å²) in [4.78, 5) is 29.7. The molecule has 0 aliphatic rings. The Labute approximate surface area is 167 Å². The highest BCUT2D eigenvalue weighted by molar-refractivity contribution is 6.31. The summed E-state index contributed by atoms with van der Waals surface area (Å²) >= 11 is 6.05. The summed E-state index contributed by atoms with van der Waals surface area (Å²) in [5.74, 6) is -0.230. The molecule has 0 heterocycles. The fraction of sp³-hybridized carbons (Fsp3) is 0.0476. The topological polar surface area (TPSA) is 76.7 Å². The molecular weight excluding hydrogens is 380 g/mol. The lowest BCUT2D eigenvalue weighted by molar-refractivity contribution is 0.0600. The Balaban J connectivity index is 1.75.